The van der Waals surface area contributed by atoms with E-state index in [1.54, 1.807) is 27.7 Å². The van der Waals surface area contributed by atoms with Crippen molar-refractivity contribution in [3.8, 4) is 0 Å². The number of alkyl halides is 3. The Balaban J connectivity index is 2.45. The van der Waals surface area contributed by atoms with Crippen LogP contribution in [0.1, 0.15) is 33.3 Å². The first-order valence-electron chi connectivity index (χ1n) is 8.53. The van der Waals surface area contributed by atoms with E-state index in [2.05, 4.69) is 15.9 Å². The highest BCUT2D eigenvalue weighted by Gasteiger charge is 2.55. The molecule has 0 bridgehead atoms. The van der Waals surface area contributed by atoms with Gasteiger partial charge in [0.25, 0.3) is 0 Å². The monoisotopic (exact) mass is 487 g/mol. The number of carboxylic acid groups (broad SMARTS) is 1. The SMILES string of the molecule is C[C@H]1CN(S(=O)(=O)c2cc(C(F)(F)F)ccc2Br)CC[N+]1(C(=O)O)C(C)(C)C. The number of hydrogen-bond acceptors (Lipinski definition) is 3. The number of nitrogens with zero attached hydrogens (tertiary/aromatic N) is 2. The van der Waals surface area contributed by atoms with Crippen LogP contribution >= 0.6 is 15.9 Å². The first-order chi connectivity index (χ1) is 12.5. The number of hydrogen-bond donors (Lipinski definition) is 1. The lowest BCUT2D eigenvalue weighted by molar-refractivity contribution is -0.928. The molecule has 0 radical (unpaired) electrons. The third-order valence-corrected chi connectivity index (χ3v) is 8.20. The van der Waals surface area contributed by atoms with E-state index >= 15 is 0 Å². The molecule has 0 aliphatic carbocycles. The Hall–Kier alpha value is -1.17. The number of sulfonamides is 1. The molecular weight excluding hydrogens is 465 g/mol. The topological polar surface area (TPSA) is 74.7 Å². The van der Waals surface area contributed by atoms with Gasteiger partial charge in [-0.15, -0.1) is 0 Å². The standard InChI is InChI=1S/C17H22BrF3N2O4S/c1-11-10-22(7-8-23(11,15(24)25)16(2,3)4)28(26,27)14-9-12(17(19,20)21)5-6-13(14)18/h5-6,9,11H,7-8,10H2,1-4H3/p+1/t11-,23?/m0/s1. The number of amides is 1. The maximum Gasteiger partial charge on any atom is 0.514 e. The van der Waals surface area contributed by atoms with Crippen LogP contribution < -0.4 is 0 Å². The quantitative estimate of drug-likeness (QED) is 0.635. The van der Waals surface area contributed by atoms with E-state index in [1.807, 2.05) is 0 Å². The molecule has 1 aliphatic rings. The number of quaternary nitrogens is 1. The highest BCUT2D eigenvalue weighted by molar-refractivity contribution is 9.10. The molecule has 1 aromatic carbocycles. The number of rotatable bonds is 2. The van der Waals surface area contributed by atoms with Gasteiger partial charge in [0.2, 0.25) is 10.0 Å². The molecule has 1 aliphatic heterocycles. The Morgan fingerprint density at radius 1 is 1.29 bits per heavy atom. The maximum atomic E-state index is 13.0. The Bertz CT molecular complexity index is 883. The summed E-state index contributed by atoms with van der Waals surface area (Å²) in [6, 6.07) is 1.86. The van der Waals surface area contributed by atoms with Crippen LogP contribution in [-0.2, 0) is 16.2 Å². The van der Waals surface area contributed by atoms with Gasteiger partial charge in [-0.25, -0.2) is 12.9 Å². The van der Waals surface area contributed by atoms with Gasteiger partial charge in [0.1, 0.15) is 18.1 Å². The van der Waals surface area contributed by atoms with Gasteiger partial charge in [-0.3, -0.25) is 0 Å². The molecule has 6 nitrogen and oxygen atoms in total. The minimum atomic E-state index is -4.68. The largest absolute Gasteiger partial charge is 0.514 e. The number of benzene rings is 1. The third-order valence-electron chi connectivity index (χ3n) is 5.34. The molecule has 1 heterocycles. The summed E-state index contributed by atoms with van der Waals surface area (Å²) in [5, 5.41) is 9.84. The second kappa shape index (κ2) is 7.26. The molecule has 158 valence electrons. The summed E-state index contributed by atoms with van der Waals surface area (Å²) in [7, 11) is -4.25. The first-order valence-corrected chi connectivity index (χ1v) is 10.8. The van der Waals surface area contributed by atoms with Crippen molar-refractivity contribution in [2.24, 2.45) is 0 Å². The lowest BCUT2D eigenvalue weighted by Crippen LogP contribution is -2.74. The van der Waals surface area contributed by atoms with E-state index in [0.717, 1.165) is 16.4 Å². The lowest BCUT2D eigenvalue weighted by Gasteiger charge is -2.51. The Morgan fingerprint density at radius 3 is 2.29 bits per heavy atom. The van der Waals surface area contributed by atoms with Gasteiger partial charge < -0.3 is 5.11 Å². The average molecular weight is 488 g/mol. The first kappa shape index (κ1) is 23.1. The van der Waals surface area contributed by atoms with E-state index < -0.39 is 44.3 Å². The number of carbonyl (C=O) groups is 1. The van der Waals surface area contributed by atoms with E-state index in [0.29, 0.717) is 6.07 Å². The average Bonchev–Trinajstić information content (AvgIpc) is 2.52. The normalized spacial score (nSPS) is 24.9. The van der Waals surface area contributed by atoms with Crippen LogP contribution in [0.3, 0.4) is 0 Å². The maximum absolute atomic E-state index is 13.0. The van der Waals surface area contributed by atoms with Crippen molar-refractivity contribution in [2.45, 2.75) is 50.3 Å². The van der Waals surface area contributed by atoms with Crippen molar-refractivity contribution in [1.29, 1.82) is 0 Å². The van der Waals surface area contributed by atoms with Crippen molar-refractivity contribution in [1.82, 2.24) is 4.31 Å². The molecule has 28 heavy (non-hydrogen) atoms. The van der Waals surface area contributed by atoms with Crippen molar-refractivity contribution in [3.05, 3.63) is 28.2 Å². The third kappa shape index (κ3) is 3.81. The summed E-state index contributed by atoms with van der Waals surface area (Å²) in [4.78, 5) is 11.6. The highest BCUT2D eigenvalue weighted by Crippen LogP contribution is 2.37. The van der Waals surface area contributed by atoms with Crippen molar-refractivity contribution >= 4 is 32.0 Å². The Morgan fingerprint density at radius 2 is 1.86 bits per heavy atom. The molecule has 0 spiro atoms. The van der Waals surface area contributed by atoms with Gasteiger partial charge in [0, 0.05) is 4.47 Å². The Labute approximate surface area is 170 Å². The summed E-state index contributed by atoms with van der Waals surface area (Å²) in [5.41, 5.74) is -1.75. The number of piperazine rings is 1. The molecule has 0 aromatic heterocycles. The molecule has 2 rings (SSSR count). The summed E-state index contributed by atoms with van der Waals surface area (Å²) < 4.78 is 65.9. The molecular formula is C17H23BrF3N2O4S+. The predicted molar refractivity (Wildman–Crippen MR) is 100 cm³/mol. The van der Waals surface area contributed by atoms with Gasteiger partial charge >= 0.3 is 12.3 Å². The van der Waals surface area contributed by atoms with E-state index in [9.17, 15) is 31.5 Å². The lowest BCUT2D eigenvalue weighted by atomic mass is 9.96. The van der Waals surface area contributed by atoms with Gasteiger partial charge in [-0.05, 0) is 61.8 Å². The molecule has 1 unspecified atom stereocenters. The fourth-order valence-corrected chi connectivity index (χ4v) is 6.28. The molecule has 1 amide bonds. The van der Waals surface area contributed by atoms with Gasteiger partial charge in [0.15, 0.2) is 0 Å². The van der Waals surface area contributed by atoms with Crippen LogP contribution in [0.2, 0.25) is 0 Å². The highest BCUT2D eigenvalue weighted by atomic mass is 79.9. The van der Waals surface area contributed by atoms with Crippen molar-refractivity contribution in [2.75, 3.05) is 19.6 Å². The van der Waals surface area contributed by atoms with E-state index in [4.69, 9.17) is 0 Å². The summed E-state index contributed by atoms with van der Waals surface area (Å²) in [6.07, 6.45) is -5.74. The molecule has 0 saturated carbocycles. The molecule has 1 fully saturated rings. The fourth-order valence-electron chi connectivity index (χ4n) is 3.82. The minimum Gasteiger partial charge on any atom is -0.435 e. The minimum absolute atomic E-state index is 0.00973. The second-order valence-corrected chi connectivity index (χ2v) is 10.7. The molecule has 2 atom stereocenters. The number of halogens is 4. The van der Waals surface area contributed by atoms with Gasteiger partial charge in [-0.1, -0.05) is 0 Å². The van der Waals surface area contributed by atoms with Gasteiger partial charge in [-0.2, -0.15) is 22.3 Å². The van der Waals surface area contributed by atoms with Crippen LogP contribution in [-0.4, -0.2) is 59.6 Å². The van der Waals surface area contributed by atoms with E-state index in [1.165, 1.54) is 0 Å². The second-order valence-electron chi connectivity index (χ2n) is 7.90. The zero-order valence-electron chi connectivity index (χ0n) is 15.9. The van der Waals surface area contributed by atoms with Crippen LogP contribution in [0.4, 0.5) is 18.0 Å². The fraction of sp³-hybridized carbons (Fsp3) is 0.588. The Kier molecular flexibility index (Phi) is 5.99. The van der Waals surface area contributed by atoms with Crippen LogP contribution in [0.15, 0.2) is 27.6 Å². The predicted octanol–water partition coefficient (Wildman–Crippen LogP) is 4.15. The van der Waals surface area contributed by atoms with Crippen LogP contribution in [0.5, 0.6) is 0 Å². The van der Waals surface area contributed by atoms with Gasteiger partial charge in [0.05, 0.1) is 23.5 Å². The molecule has 11 heteroatoms. The van der Waals surface area contributed by atoms with E-state index in [-0.39, 0.29) is 28.6 Å². The zero-order chi connectivity index (χ0) is 21.7. The summed E-state index contributed by atoms with van der Waals surface area (Å²) in [5.74, 6) is 0. The smallest absolute Gasteiger partial charge is 0.435 e. The van der Waals surface area contributed by atoms with Crippen molar-refractivity contribution < 1.29 is 36.0 Å². The van der Waals surface area contributed by atoms with Crippen LogP contribution in [0.25, 0.3) is 0 Å². The van der Waals surface area contributed by atoms with Crippen LogP contribution in [0, 0.1) is 0 Å². The molecule has 1 saturated heterocycles. The summed E-state index contributed by atoms with van der Waals surface area (Å²) in [6.45, 7) is 6.73. The summed E-state index contributed by atoms with van der Waals surface area (Å²) >= 11 is 3.02. The molecule has 1 N–H and O–H groups in total. The zero-order valence-corrected chi connectivity index (χ0v) is 18.3. The van der Waals surface area contributed by atoms with Crippen molar-refractivity contribution in [3.63, 3.8) is 0 Å². The molecule has 1 aromatic rings.